The molecule has 0 radical (unpaired) electrons. The Labute approximate surface area is 109 Å². The molecule has 0 saturated heterocycles. The molecule has 0 unspecified atom stereocenters. The first-order chi connectivity index (χ1) is 9.22. The van der Waals surface area contributed by atoms with E-state index in [0.717, 1.165) is 16.5 Å². The number of rotatable bonds is 2. The summed E-state index contributed by atoms with van der Waals surface area (Å²) in [5, 5.41) is 5.28. The quantitative estimate of drug-likeness (QED) is 0.644. The fraction of sp³-hybridized carbons (Fsp3) is 0. The summed E-state index contributed by atoms with van der Waals surface area (Å²) in [6, 6.07) is 9.47. The molecule has 1 aromatic carbocycles. The summed E-state index contributed by atoms with van der Waals surface area (Å²) in [4.78, 5) is 12.0. The number of aromatic nitrogens is 3. The van der Waals surface area contributed by atoms with Gasteiger partial charge in [0, 0.05) is 34.9 Å². The van der Waals surface area contributed by atoms with Crippen LogP contribution in [0.25, 0.3) is 10.8 Å². The predicted molar refractivity (Wildman–Crippen MR) is 75.9 cm³/mol. The minimum Gasteiger partial charge on any atom is -0.383 e. The zero-order valence-corrected chi connectivity index (χ0v) is 10.0. The zero-order valence-electron chi connectivity index (χ0n) is 10.0. The minimum absolute atomic E-state index is 0.143. The molecule has 6 heteroatoms. The van der Waals surface area contributed by atoms with E-state index < -0.39 is 0 Å². The average molecular weight is 252 g/mol. The summed E-state index contributed by atoms with van der Waals surface area (Å²) < 4.78 is 0. The first-order valence-corrected chi connectivity index (χ1v) is 5.72. The third kappa shape index (κ3) is 2.23. The second-order valence-corrected chi connectivity index (χ2v) is 4.06. The van der Waals surface area contributed by atoms with E-state index in [0.29, 0.717) is 11.6 Å². The maximum Gasteiger partial charge on any atom is 0.223 e. The number of anilines is 4. The molecule has 0 aliphatic carbocycles. The number of nitrogen functional groups attached to an aromatic ring is 2. The molecule has 0 aliphatic heterocycles. The van der Waals surface area contributed by atoms with Gasteiger partial charge in [-0.1, -0.05) is 12.1 Å². The molecular weight excluding hydrogens is 240 g/mol. The summed E-state index contributed by atoms with van der Waals surface area (Å²) in [6.07, 6.45) is 3.55. The number of nitrogens with two attached hydrogens (primary N) is 2. The molecule has 0 saturated carbocycles. The number of nitrogens with one attached hydrogen (secondary N) is 1. The van der Waals surface area contributed by atoms with Crippen LogP contribution in [0.1, 0.15) is 0 Å². The van der Waals surface area contributed by atoms with Gasteiger partial charge in [-0.3, -0.25) is 4.98 Å². The number of pyridine rings is 1. The molecule has 19 heavy (non-hydrogen) atoms. The number of nitrogens with zero attached hydrogens (tertiary/aromatic N) is 3. The van der Waals surface area contributed by atoms with Crippen molar-refractivity contribution in [3.05, 3.63) is 42.7 Å². The Hall–Kier alpha value is -2.89. The number of hydrogen-bond donors (Lipinski definition) is 3. The average Bonchev–Trinajstić information content (AvgIpc) is 2.38. The van der Waals surface area contributed by atoms with E-state index >= 15 is 0 Å². The summed E-state index contributed by atoms with van der Waals surface area (Å²) in [7, 11) is 0. The van der Waals surface area contributed by atoms with Crippen molar-refractivity contribution in [1.82, 2.24) is 15.0 Å². The molecule has 2 aromatic heterocycles. The van der Waals surface area contributed by atoms with Crippen molar-refractivity contribution in [3.8, 4) is 0 Å². The van der Waals surface area contributed by atoms with Gasteiger partial charge in [-0.05, 0) is 12.1 Å². The van der Waals surface area contributed by atoms with Gasteiger partial charge >= 0.3 is 0 Å². The van der Waals surface area contributed by atoms with E-state index in [4.69, 9.17) is 11.5 Å². The standard InChI is InChI=1S/C13H12N6/c14-11-6-12(19-13(15)18-11)17-10-3-1-2-8-7-16-5-4-9(8)10/h1-7H,(H5,14,15,17,18,19). The van der Waals surface area contributed by atoms with Crippen molar-refractivity contribution >= 4 is 34.0 Å². The molecule has 0 amide bonds. The molecule has 0 bridgehead atoms. The lowest BCUT2D eigenvalue weighted by Gasteiger charge is -2.09. The lowest BCUT2D eigenvalue weighted by atomic mass is 10.1. The van der Waals surface area contributed by atoms with Crippen molar-refractivity contribution in [3.63, 3.8) is 0 Å². The molecule has 0 aliphatic rings. The van der Waals surface area contributed by atoms with Crippen molar-refractivity contribution in [2.45, 2.75) is 0 Å². The van der Waals surface area contributed by atoms with E-state index in [1.54, 1.807) is 12.3 Å². The van der Waals surface area contributed by atoms with Crippen LogP contribution in [-0.2, 0) is 0 Å². The fourth-order valence-corrected chi connectivity index (χ4v) is 1.92. The van der Waals surface area contributed by atoms with Crippen LogP contribution in [0.4, 0.5) is 23.3 Å². The number of benzene rings is 1. The van der Waals surface area contributed by atoms with Crippen LogP contribution in [0.3, 0.4) is 0 Å². The molecule has 0 atom stereocenters. The van der Waals surface area contributed by atoms with Crippen LogP contribution >= 0.6 is 0 Å². The van der Waals surface area contributed by atoms with E-state index in [1.807, 2.05) is 30.5 Å². The molecule has 3 rings (SSSR count). The molecule has 94 valence electrons. The van der Waals surface area contributed by atoms with E-state index in [9.17, 15) is 0 Å². The van der Waals surface area contributed by atoms with Gasteiger partial charge in [-0.25, -0.2) is 0 Å². The number of fused-ring (bicyclic) bond motifs is 1. The Morgan fingerprint density at radius 1 is 1.05 bits per heavy atom. The molecule has 6 nitrogen and oxygen atoms in total. The summed E-state index contributed by atoms with van der Waals surface area (Å²) >= 11 is 0. The van der Waals surface area contributed by atoms with E-state index in [-0.39, 0.29) is 5.95 Å². The highest BCUT2D eigenvalue weighted by molar-refractivity contribution is 5.94. The second kappa shape index (κ2) is 4.41. The van der Waals surface area contributed by atoms with Gasteiger partial charge in [-0.2, -0.15) is 9.97 Å². The van der Waals surface area contributed by atoms with Gasteiger partial charge in [0.2, 0.25) is 5.95 Å². The Bertz CT molecular complexity index is 715. The minimum atomic E-state index is 0.143. The van der Waals surface area contributed by atoms with Crippen LogP contribution in [0.15, 0.2) is 42.7 Å². The lowest BCUT2D eigenvalue weighted by molar-refractivity contribution is 1.19. The highest BCUT2D eigenvalue weighted by Gasteiger charge is 2.04. The topological polar surface area (TPSA) is 103 Å². The van der Waals surface area contributed by atoms with Crippen molar-refractivity contribution in [1.29, 1.82) is 0 Å². The van der Waals surface area contributed by atoms with Gasteiger partial charge in [0.1, 0.15) is 11.6 Å². The lowest BCUT2D eigenvalue weighted by Crippen LogP contribution is -2.03. The third-order valence-corrected chi connectivity index (χ3v) is 2.71. The number of hydrogen-bond acceptors (Lipinski definition) is 6. The first-order valence-electron chi connectivity index (χ1n) is 5.72. The summed E-state index contributed by atoms with van der Waals surface area (Å²) in [6.45, 7) is 0. The van der Waals surface area contributed by atoms with E-state index in [2.05, 4.69) is 20.3 Å². The first kappa shape index (κ1) is 11.2. The smallest absolute Gasteiger partial charge is 0.223 e. The second-order valence-electron chi connectivity index (χ2n) is 4.06. The van der Waals surface area contributed by atoms with Crippen molar-refractivity contribution in [2.24, 2.45) is 0 Å². The van der Waals surface area contributed by atoms with Crippen molar-refractivity contribution in [2.75, 3.05) is 16.8 Å². The Morgan fingerprint density at radius 2 is 1.95 bits per heavy atom. The van der Waals surface area contributed by atoms with Crippen LogP contribution in [0, 0.1) is 0 Å². The van der Waals surface area contributed by atoms with Crippen LogP contribution in [0.2, 0.25) is 0 Å². The molecule has 3 aromatic rings. The largest absolute Gasteiger partial charge is 0.383 e. The van der Waals surface area contributed by atoms with E-state index in [1.165, 1.54) is 0 Å². The van der Waals surface area contributed by atoms with Crippen LogP contribution in [0.5, 0.6) is 0 Å². The maximum atomic E-state index is 5.64. The third-order valence-electron chi connectivity index (χ3n) is 2.71. The summed E-state index contributed by atoms with van der Waals surface area (Å²) in [5.41, 5.74) is 12.1. The molecule has 0 fully saturated rings. The van der Waals surface area contributed by atoms with Gasteiger partial charge in [0.15, 0.2) is 0 Å². The monoisotopic (exact) mass is 252 g/mol. The van der Waals surface area contributed by atoms with Crippen LogP contribution < -0.4 is 16.8 Å². The summed E-state index contributed by atoms with van der Waals surface area (Å²) in [5.74, 6) is 1.04. The highest BCUT2D eigenvalue weighted by atomic mass is 15.1. The van der Waals surface area contributed by atoms with Crippen LogP contribution in [-0.4, -0.2) is 15.0 Å². The molecule has 0 spiro atoms. The zero-order chi connectivity index (χ0) is 13.2. The molecule has 5 N–H and O–H groups in total. The highest BCUT2D eigenvalue weighted by Crippen LogP contribution is 2.25. The fourth-order valence-electron chi connectivity index (χ4n) is 1.92. The SMILES string of the molecule is Nc1cc(Nc2cccc3cnccc23)nc(N)n1. The van der Waals surface area contributed by atoms with Gasteiger partial charge in [0.25, 0.3) is 0 Å². The Morgan fingerprint density at radius 3 is 2.79 bits per heavy atom. The van der Waals surface area contributed by atoms with Gasteiger partial charge in [0.05, 0.1) is 0 Å². The normalized spacial score (nSPS) is 10.5. The van der Waals surface area contributed by atoms with Gasteiger partial charge < -0.3 is 16.8 Å². The molecule has 2 heterocycles. The molecular formula is C13H12N6. The Balaban J connectivity index is 2.05. The van der Waals surface area contributed by atoms with Gasteiger partial charge in [-0.15, -0.1) is 0 Å². The predicted octanol–water partition coefficient (Wildman–Crippen LogP) is 1.93. The Kier molecular flexibility index (Phi) is 2.60. The maximum absolute atomic E-state index is 5.64. The van der Waals surface area contributed by atoms with Crippen molar-refractivity contribution < 1.29 is 0 Å².